The van der Waals surface area contributed by atoms with E-state index >= 15 is 0 Å². The van der Waals surface area contributed by atoms with Crippen molar-refractivity contribution in [2.45, 2.75) is 12.5 Å². The Kier molecular flexibility index (Phi) is 5.24. The van der Waals surface area contributed by atoms with Gasteiger partial charge in [0.05, 0.1) is 21.6 Å². The summed E-state index contributed by atoms with van der Waals surface area (Å²) in [6, 6.07) is 2.53. The number of nitrogens with one attached hydrogen (secondary N) is 1. The van der Waals surface area contributed by atoms with Gasteiger partial charge in [0.1, 0.15) is 0 Å². The predicted molar refractivity (Wildman–Crippen MR) is 82.2 cm³/mol. The summed E-state index contributed by atoms with van der Waals surface area (Å²) in [5, 5.41) is 3.35. The Balaban J connectivity index is 1.90. The van der Waals surface area contributed by atoms with E-state index < -0.39 is 15.7 Å². The number of hydrogen-bond donors (Lipinski definition) is 1. The summed E-state index contributed by atoms with van der Waals surface area (Å²) in [5.74, 6) is -0.217. The van der Waals surface area contributed by atoms with Crippen LogP contribution < -0.4 is 10.1 Å². The molecule has 0 saturated carbocycles. The number of sulfone groups is 1. The lowest BCUT2D eigenvalue weighted by Gasteiger charge is -2.13. The molecule has 1 aliphatic heterocycles. The minimum absolute atomic E-state index is 0.0405. The van der Waals surface area contributed by atoms with Crippen LogP contribution in [0.5, 0.6) is 5.75 Å². The summed E-state index contributed by atoms with van der Waals surface area (Å²) < 4.78 is 27.8. The van der Waals surface area contributed by atoms with E-state index in [9.17, 15) is 13.2 Å². The summed E-state index contributed by atoms with van der Waals surface area (Å²) in [6.07, 6.45) is 0.413. The molecule has 0 spiro atoms. The molecule has 9 heteroatoms. The number of ether oxygens (including phenoxy) is 1. The Morgan fingerprint density at radius 1 is 1.29 bits per heavy atom. The number of benzene rings is 1. The fraction of sp³-hybridized carbons (Fsp3) is 0.417. The monoisotopic (exact) mass is 371 g/mol. The normalized spacial score (nSPS) is 20.2. The summed E-state index contributed by atoms with van der Waals surface area (Å²) in [5.41, 5.74) is 0. The van der Waals surface area contributed by atoms with Crippen molar-refractivity contribution in [3.8, 4) is 5.75 Å². The Hall–Kier alpha value is -0.690. The lowest BCUT2D eigenvalue weighted by atomic mass is 10.2. The Morgan fingerprint density at radius 3 is 2.43 bits per heavy atom. The van der Waals surface area contributed by atoms with Gasteiger partial charge < -0.3 is 10.1 Å². The third kappa shape index (κ3) is 4.64. The van der Waals surface area contributed by atoms with E-state index in [2.05, 4.69) is 5.32 Å². The van der Waals surface area contributed by atoms with Crippen LogP contribution >= 0.6 is 34.8 Å². The topological polar surface area (TPSA) is 72.5 Å². The first kappa shape index (κ1) is 16.7. The van der Waals surface area contributed by atoms with Gasteiger partial charge in [0.2, 0.25) is 0 Å². The first-order valence-corrected chi connectivity index (χ1v) is 8.99. The minimum Gasteiger partial charge on any atom is -0.481 e. The standard InChI is InChI=1S/C12H12Cl3NO4S/c13-7-3-9(14)12(10(15)4-7)20-5-11(17)16-8-1-2-21(18,19)6-8/h3-4,8H,1-2,5-6H2,(H,16,17). The molecule has 0 bridgehead atoms. The maximum absolute atomic E-state index is 11.7. The van der Waals surface area contributed by atoms with Crippen molar-refractivity contribution in [1.82, 2.24) is 5.32 Å². The molecule has 2 rings (SSSR count). The van der Waals surface area contributed by atoms with Gasteiger partial charge >= 0.3 is 0 Å². The molecule has 1 atom stereocenters. The fourth-order valence-corrected chi connectivity index (χ4v) is 4.58. The Bertz CT molecular complexity index is 639. The molecule has 1 aliphatic rings. The second-order valence-corrected chi connectivity index (χ2v) is 8.13. The lowest BCUT2D eigenvalue weighted by molar-refractivity contribution is -0.123. The van der Waals surface area contributed by atoms with E-state index in [0.717, 1.165) is 0 Å². The molecule has 1 fully saturated rings. The largest absolute Gasteiger partial charge is 0.481 e. The van der Waals surface area contributed by atoms with Crippen molar-refractivity contribution < 1.29 is 17.9 Å². The molecule has 1 heterocycles. The molecule has 1 amide bonds. The predicted octanol–water partition coefficient (Wildman–Crippen LogP) is 2.33. The summed E-state index contributed by atoms with van der Waals surface area (Å²) in [4.78, 5) is 11.7. The van der Waals surface area contributed by atoms with Crippen LogP contribution in [0.1, 0.15) is 6.42 Å². The van der Waals surface area contributed by atoms with Crippen LogP contribution in [-0.4, -0.2) is 38.5 Å². The highest BCUT2D eigenvalue weighted by atomic mass is 35.5. The number of amides is 1. The van der Waals surface area contributed by atoms with Crippen LogP contribution in [0.3, 0.4) is 0 Å². The maximum Gasteiger partial charge on any atom is 0.258 e. The second-order valence-electron chi connectivity index (χ2n) is 4.65. The molecule has 0 radical (unpaired) electrons. The summed E-state index contributed by atoms with van der Waals surface area (Å²) >= 11 is 17.6. The summed E-state index contributed by atoms with van der Waals surface area (Å²) in [7, 11) is -3.04. The van der Waals surface area contributed by atoms with Crippen molar-refractivity contribution in [3.63, 3.8) is 0 Å². The van der Waals surface area contributed by atoms with Gasteiger partial charge in [-0.3, -0.25) is 4.79 Å². The molecule has 5 nitrogen and oxygen atoms in total. The van der Waals surface area contributed by atoms with Crippen molar-refractivity contribution in [1.29, 1.82) is 0 Å². The van der Waals surface area contributed by atoms with Crippen molar-refractivity contribution in [3.05, 3.63) is 27.2 Å². The van der Waals surface area contributed by atoms with Crippen LogP contribution in [0.25, 0.3) is 0 Å². The first-order valence-electron chi connectivity index (χ1n) is 6.04. The Labute approximate surface area is 137 Å². The third-order valence-electron chi connectivity index (χ3n) is 2.91. The SMILES string of the molecule is O=C(COc1c(Cl)cc(Cl)cc1Cl)NC1CCS(=O)(=O)C1. The van der Waals surface area contributed by atoms with E-state index in [1.54, 1.807) is 0 Å². The van der Waals surface area contributed by atoms with E-state index in [0.29, 0.717) is 11.4 Å². The average Bonchev–Trinajstić information content (AvgIpc) is 2.67. The van der Waals surface area contributed by atoms with E-state index in [-0.39, 0.29) is 39.9 Å². The molecule has 1 aromatic carbocycles. The zero-order valence-corrected chi connectivity index (χ0v) is 13.8. The third-order valence-corrected chi connectivity index (χ3v) is 5.46. The van der Waals surface area contributed by atoms with Crippen LogP contribution in [-0.2, 0) is 14.6 Å². The van der Waals surface area contributed by atoms with E-state index in [4.69, 9.17) is 39.5 Å². The molecule has 1 saturated heterocycles. The van der Waals surface area contributed by atoms with Crippen LogP contribution in [0, 0.1) is 0 Å². The molecular formula is C12H12Cl3NO4S. The molecule has 1 unspecified atom stereocenters. The van der Waals surface area contributed by atoms with Gasteiger partial charge in [0, 0.05) is 11.1 Å². The van der Waals surface area contributed by atoms with Crippen LogP contribution in [0.4, 0.5) is 0 Å². The lowest BCUT2D eigenvalue weighted by Crippen LogP contribution is -2.38. The molecular weight excluding hydrogens is 361 g/mol. The maximum atomic E-state index is 11.7. The van der Waals surface area contributed by atoms with Gasteiger partial charge in [-0.1, -0.05) is 34.8 Å². The van der Waals surface area contributed by atoms with Gasteiger partial charge in [0.25, 0.3) is 5.91 Å². The van der Waals surface area contributed by atoms with E-state index in [1.807, 2.05) is 0 Å². The number of carbonyl (C=O) groups excluding carboxylic acids is 1. The van der Waals surface area contributed by atoms with Crippen molar-refractivity contribution in [2.75, 3.05) is 18.1 Å². The number of hydrogen-bond acceptors (Lipinski definition) is 4. The van der Waals surface area contributed by atoms with Gasteiger partial charge in [-0.05, 0) is 18.6 Å². The highest BCUT2D eigenvalue weighted by Gasteiger charge is 2.29. The quantitative estimate of drug-likeness (QED) is 0.880. The molecule has 0 aliphatic carbocycles. The van der Waals surface area contributed by atoms with Crippen LogP contribution in [0.2, 0.25) is 15.1 Å². The molecule has 1 N–H and O–H groups in total. The Morgan fingerprint density at radius 2 is 1.90 bits per heavy atom. The van der Waals surface area contributed by atoms with Gasteiger partial charge in [-0.15, -0.1) is 0 Å². The molecule has 21 heavy (non-hydrogen) atoms. The van der Waals surface area contributed by atoms with Crippen molar-refractivity contribution in [2.24, 2.45) is 0 Å². The minimum atomic E-state index is -3.04. The van der Waals surface area contributed by atoms with E-state index in [1.165, 1.54) is 12.1 Å². The van der Waals surface area contributed by atoms with Gasteiger partial charge in [-0.2, -0.15) is 0 Å². The first-order chi connectivity index (χ1) is 9.77. The van der Waals surface area contributed by atoms with Gasteiger partial charge in [0.15, 0.2) is 22.2 Å². The summed E-state index contributed by atoms with van der Waals surface area (Å²) in [6.45, 7) is -0.308. The van der Waals surface area contributed by atoms with Crippen molar-refractivity contribution >= 4 is 50.5 Å². The highest BCUT2D eigenvalue weighted by molar-refractivity contribution is 7.91. The zero-order chi connectivity index (χ0) is 15.6. The fourth-order valence-electron chi connectivity index (χ4n) is 1.98. The smallest absolute Gasteiger partial charge is 0.258 e. The number of rotatable bonds is 4. The average molecular weight is 373 g/mol. The highest BCUT2D eigenvalue weighted by Crippen LogP contribution is 2.35. The zero-order valence-electron chi connectivity index (χ0n) is 10.7. The van der Waals surface area contributed by atoms with Gasteiger partial charge in [-0.25, -0.2) is 8.42 Å². The molecule has 1 aromatic rings. The second kappa shape index (κ2) is 6.60. The molecule has 116 valence electrons. The molecule has 0 aromatic heterocycles. The van der Waals surface area contributed by atoms with Crippen LogP contribution in [0.15, 0.2) is 12.1 Å². The number of carbonyl (C=O) groups is 1. The number of halogens is 3.